The number of nitrogens with zero attached hydrogens (tertiary/aromatic N) is 1. The highest BCUT2D eigenvalue weighted by molar-refractivity contribution is 4.73. The standard InChI is InChI=1S/C5H11N/c1-5-3-4-6(5)2/h5H,3-4H2,1-2H3/t5-/m0/s1. The van der Waals surface area contributed by atoms with E-state index in [0.717, 1.165) is 6.04 Å². The molecule has 6 heavy (non-hydrogen) atoms. The third kappa shape index (κ3) is 0.432. The Morgan fingerprint density at radius 2 is 2.17 bits per heavy atom. The van der Waals surface area contributed by atoms with Crippen LogP contribution >= 0.6 is 0 Å². The largest absolute Gasteiger partial charge is 0.304 e. The second-order valence-corrected chi connectivity index (χ2v) is 2.12. The molecule has 1 fully saturated rings. The fourth-order valence-corrected chi connectivity index (χ4v) is 0.645. The van der Waals surface area contributed by atoms with Gasteiger partial charge in [-0.15, -0.1) is 0 Å². The van der Waals surface area contributed by atoms with Crippen LogP contribution in [0.5, 0.6) is 0 Å². The Labute approximate surface area is 39.0 Å². The van der Waals surface area contributed by atoms with Gasteiger partial charge in [-0.1, -0.05) is 0 Å². The molecule has 0 amide bonds. The summed E-state index contributed by atoms with van der Waals surface area (Å²) in [6.07, 6.45) is 1.40. The molecule has 0 aliphatic carbocycles. The molecule has 0 N–H and O–H groups in total. The minimum atomic E-state index is 0.866. The van der Waals surface area contributed by atoms with E-state index in [1.807, 2.05) is 0 Å². The molecule has 1 rings (SSSR count). The van der Waals surface area contributed by atoms with E-state index in [0.29, 0.717) is 0 Å². The number of rotatable bonds is 0. The van der Waals surface area contributed by atoms with Gasteiger partial charge < -0.3 is 4.90 Å². The van der Waals surface area contributed by atoms with Crippen LogP contribution in [0.15, 0.2) is 0 Å². The zero-order valence-corrected chi connectivity index (χ0v) is 4.44. The molecule has 1 aliphatic heterocycles. The fourth-order valence-electron chi connectivity index (χ4n) is 0.645. The molecular weight excluding hydrogens is 74.1 g/mol. The van der Waals surface area contributed by atoms with Crippen LogP contribution in [0.1, 0.15) is 13.3 Å². The maximum absolute atomic E-state index is 2.35. The first kappa shape index (κ1) is 4.13. The van der Waals surface area contributed by atoms with Gasteiger partial charge in [0.25, 0.3) is 0 Å². The highest BCUT2D eigenvalue weighted by Crippen LogP contribution is 2.11. The van der Waals surface area contributed by atoms with Crippen molar-refractivity contribution in [1.82, 2.24) is 4.90 Å². The summed E-state index contributed by atoms with van der Waals surface area (Å²) in [5, 5.41) is 0. The average molecular weight is 85.1 g/mol. The molecule has 1 aliphatic rings. The van der Waals surface area contributed by atoms with Gasteiger partial charge in [0.05, 0.1) is 0 Å². The molecule has 0 aromatic rings. The van der Waals surface area contributed by atoms with Crippen molar-refractivity contribution in [2.45, 2.75) is 19.4 Å². The van der Waals surface area contributed by atoms with Crippen LogP contribution in [0, 0.1) is 0 Å². The van der Waals surface area contributed by atoms with Crippen molar-refractivity contribution in [1.29, 1.82) is 0 Å². The highest BCUT2D eigenvalue weighted by Gasteiger charge is 2.17. The summed E-state index contributed by atoms with van der Waals surface area (Å²) >= 11 is 0. The van der Waals surface area contributed by atoms with E-state index in [2.05, 4.69) is 18.9 Å². The topological polar surface area (TPSA) is 3.24 Å². The quantitative estimate of drug-likeness (QED) is 0.418. The Kier molecular flexibility index (Phi) is 0.845. The summed E-state index contributed by atoms with van der Waals surface area (Å²) in [6.45, 7) is 3.56. The third-order valence-corrected chi connectivity index (χ3v) is 1.65. The van der Waals surface area contributed by atoms with E-state index in [9.17, 15) is 0 Å². The summed E-state index contributed by atoms with van der Waals surface area (Å²) < 4.78 is 0. The van der Waals surface area contributed by atoms with Crippen LogP contribution < -0.4 is 0 Å². The van der Waals surface area contributed by atoms with Crippen LogP contribution in [0.3, 0.4) is 0 Å². The van der Waals surface area contributed by atoms with Crippen molar-refractivity contribution < 1.29 is 0 Å². The predicted octanol–water partition coefficient (Wildman–Crippen LogP) is 0.710. The first-order valence-electron chi connectivity index (χ1n) is 2.51. The summed E-state index contributed by atoms with van der Waals surface area (Å²) in [6, 6.07) is 0.866. The molecule has 36 valence electrons. The van der Waals surface area contributed by atoms with Crippen LogP contribution in [0.25, 0.3) is 0 Å². The number of hydrogen-bond donors (Lipinski definition) is 0. The molecule has 0 aromatic heterocycles. The van der Waals surface area contributed by atoms with E-state index >= 15 is 0 Å². The Hall–Kier alpha value is -0.0400. The normalized spacial score (nSPS) is 36.0. The minimum Gasteiger partial charge on any atom is -0.304 e. The van der Waals surface area contributed by atoms with Crippen molar-refractivity contribution in [2.75, 3.05) is 13.6 Å². The predicted molar refractivity (Wildman–Crippen MR) is 26.7 cm³/mol. The first-order chi connectivity index (χ1) is 2.80. The summed E-state index contributed by atoms with van der Waals surface area (Å²) in [5.41, 5.74) is 0. The second-order valence-electron chi connectivity index (χ2n) is 2.12. The van der Waals surface area contributed by atoms with E-state index in [-0.39, 0.29) is 0 Å². The molecule has 1 nitrogen and oxygen atoms in total. The maximum atomic E-state index is 2.35. The Balaban J connectivity index is 2.20. The molecule has 0 radical (unpaired) electrons. The Bertz CT molecular complexity index is 43.9. The van der Waals surface area contributed by atoms with E-state index in [4.69, 9.17) is 0 Å². The molecule has 1 saturated heterocycles. The van der Waals surface area contributed by atoms with Gasteiger partial charge in [0.15, 0.2) is 0 Å². The van der Waals surface area contributed by atoms with Crippen LogP contribution in [0.4, 0.5) is 0 Å². The summed E-state index contributed by atoms with van der Waals surface area (Å²) in [7, 11) is 2.16. The van der Waals surface area contributed by atoms with Crippen LogP contribution in [-0.4, -0.2) is 24.5 Å². The lowest BCUT2D eigenvalue weighted by molar-refractivity contribution is 0.143. The molecule has 0 aromatic carbocycles. The zero-order chi connectivity index (χ0) is 4.57. The second kappa shape index (κ2) is 1.23. The molecule has 1 heterocycles. The highest BCUT2D eigenvalue weighted by atomic mass is 15.2. The van der Waals surface area contributed by atoms with Crippen molar-refractivity contribution in [3.05, 3.63) is 0 Å². The van der Waals surface area contributed by atoms with Crippen LogP contribution in [-0.2, 0) is 0 Å². The van der Waals surface area contributed by atoms with E-state index in [1.165, 1.54) is 13.0 Å². The van der Waals surface area contributed by atoms with Gasteiger partial charge in [0, 0.05) is 6.04 Å². The molecule has 0 spiro atoms. The van der Waals surface area contributed by atoms with Crippen molar-refractivity contribution >= 4 is 0 Å². The monoisotopic (exact) mass is 85.1 g/mol. The van der Waals surface area contributed by atoms with Crippen LogP contribution in [0.2, 0.25) is 0 Å². The summed E-state index contributed by atoms with van der Waals surface area (Å²) in [4.78, 5) is 2.35. The number of likely N-dealkylation sites (tertiary alicyclic amines) is 1. The third-order valence-electron chi connectivity index (χ3n) is 1.65. The zero-order valence-electron chi connectivity index (χ0n) is 4.44. The van der Waals surface area contributed by atoms with Gasteiger partial charge in [0.1, 0.15) is 0 Å². The maximum Gasteiger partial charge on any atom is 0.00760 e. The van der Waals surface area contributed by atoms with Gasteiger partial charge in [0.2, 0.25) is 0 Å². The molecule has 0 saturated carbocycles. The van der Waals surface area contributed by atoms with Gasteiger partial charge in [-0.2, -0.15) is 0 Å². The minimum absolute atomic E-state index is 0.866. The van der Waals surface area contributed by atoms with Crippen molar-refractivity contribution in [2.24, 2.45) is 0 Å². The molecule has 1 heteroatoms. The molecule has 0 bridgehead atoms. The molecule has 1 atom stereocenters. The SMILES string of the molecule is C[C@H]1CCN1C. The van der Waals surface area contributed by atoms with Gasteiger partial charge in [-0.05, 0) is 26.9 Å². The lowest BCUT2D eigenvalue weighted by Gasteiger charge is -2.34. The smallest absolute Gasteiger partial charge is 0.00760 e. The van der Waals surface area contributed by atoms with Gasteiger partial charge >= 0.3 is 0 Å². The fraction of sp³-hybridized carbons (Fsp3) is 1.00. The van der Waals surface area contributed by atoms with E-state index in [1.54, 1.807) is 0 Å². The average Bonchev–Trinajstić information content (AvgIpc) is 1.61. The Morgan fingerprint density at radius 1 is 1.67 bits per heavy atom. The van der Waals surface area contributed by atoms with Gasteiger partial charge in [-0.25, -0.2) is 0 Å². The molecular formula is C5H11N. The number of hydrogen-bond acceptors (Lipinski definition) is 1. The van der Waals surface area contributed by atoms with Crippen molar-refractivity contribution in [3.8, 4) is 0 Å². The summed E-state index contributed by atoms with van der Waals surface area (Å²) in [5.74, 6) is 0. The van der Waals surface area contributed by atoms with Crippen molar-refractivity contribution in [3.63, 3.8) is 0 Å². The van der Waals surface area contributed by atoms with Gasteiger partial charge in [-0.3, -0.25) is 0 Å². The lowest BCUT2D eigenvalue weighted by Crippen LogP contribution is -2.41. The Morgan fingerprint density at radius 3 is 2.17 bits per heavy atom. The molecule has 0 unspecified atom stereocenters. The van der Waals surface area contributed by atoms with E-state index < -0.39 is 0 Å². The first-order valence-corrected chi connectivity index (χ1v) is 2.51. The lowest BCUT2D eigenvalue weighted by atomic mass is 10.1.